The molecule has 0 saturated carbocycles. The average molecular weight is 761 g/mol. The van der Waals surface area contributed by atoms with Gasteiger partial charge in [0.05, 0.1) is 36.1 Å². The van der Waals surface area contributed by atoms with Crippen LogP contribution in [0, 0.1) is 11.6 Å². The van der Waals surface area contributed by atoms with Gasteiger partial charge in [-0.3, -0.25) is 14.3 Å². The smallest absolute Gasteiger partial charge is 0.326 e. The maximum atomic E-state index is 15.3. The Morgan fingerprint density at radius 3 is 2.20 bits per heavy atom. The zero-order valence-corrected chi connectivity index (χ0v) is 30.0. The predicted molar refractivity (Wildman–Crippen MR) is 191 cm³/mol. The van der Waals surface area contributed by atoms with Crippen LogP contribution in [0.1, 0.15) is 34.0 Å². The van der Waals surface area contributed by atoms with E-state index in [0.717, 1.165) is 11.1 Å². The van der Waals surface area contributed by atoms with Crippen LogP contribution in [0.15, 0.2) is 84.3 Å². The molecule has 0 spiro atoms. The monoisotopic (exact) mass is 760 g/mol. The molecule has 4 aromatic carbocycles. The molecule has 0 fully saturated rings. The highest BCUT2D eigenvalue weighted by molar-refractivity contribution is 7.92. The van der Waals surface area contributed by atoms with E-state index in [9.17, 15) is 27.9 Å². The minimum absolute atomic E-state index is 0.152. The number of rotatable bonds is 12. The molecule has 17 heteroatoms. The standard InChI is InChI=1S/C37H34F2N6O8S/c1-21(46)44-14-13-26-22(7-12-27(28(26)18-44)34-32(52-2)5-4-6-33(34)53-3)15-31(37(48)49)42-36(47)35-29(38)16-23(17-30(35)39)43-54(50,51)25-10-8-24(9-11-25)45-20-40-19-41-45/h4-12,16-17,19-20,31,43H,13-15,18H2,1-3H3,(H,42,47)(H,48,49). The summed E-state index contributed by atoms with van der Waals surface area (Å²) >= 11 is 0. The molecule has 6 rings (SSSR count). The Kier molecular flexibility index (Phi) is 10.6. The summed E-state index contributed by atoms with van der Waals surface area (Å²) in [6, 6.07) is 13.8. The number of methoxy groups -OCH3 is 2. The van der Waals surface area contributed by atoms with Crippen molar-refractivity contribution in [3.8, 4) is 28.3 Å². The van der Waals surface area contributed by atoms with E-state index in [4.69, 9.17) is 9.47 Å². The number of halogens is 2. The first-order valence-electron chi connectivity index (χ1n) is 16.4. The highest BCUT2D eigenvalue weighted by Gasteiger charge is 2.30. The van der Waals surface area contributed by atoms with Crippen LogP contribution in [-0.4, -0.2) is 77.8 Å². The number of carboxylic acids is 1. The molecular formula is C37H34F2N6O8S. The molecule has 2 amide bonds. The first-order chi connectivity index (χ1) is 25.8. The Balaban J connectivity index is 1.25. The van der Waals surface area contributed by atoms with Gasteiger partial charge in [-0.25, -0.2) is 31.7 Å². The van der Waals surface area contributed by atoms with E-state index < -0.39 is 50.8 Å². The van der Waals surface area contributed by atoms with Crippen LogP contribution >= 0.6 is 0 Å². The lowest BCUT2D eigenvalue weighted by Crippen LogP contribution is -2.43. The van der Waals surface area contributed by atoms with Gasteiger partial charge >= 0.3 is 5.97 Å². The van der Waals surface area contributed by atoms with Crippen LogP contribution < -0.4 is 19.5 Å². The Labute approximate surface area is 308 Å². The number of anilines is 1. The van der Waals surface area contributed by atoms with Gasteiger partial charge in [-0.2, -0.15) is 5.10 Å². The van der Waals surface area contributed by atoms with Crippen molar-refractivity contribution in [2.24, 2.45) is 0 Å². The molecule has 5 aromatic rings. The molecule has 1 aliphatic rings. The number of ether oxygens (including phenoxy) is 2. The number of carboxylic acid groups (broad SMARTS) is 1. The fraction of sp³-hybridized carbons (Fsp3) is 0.216. The van der Waals surface area contributed by atoms with Crippen LogP contribution in [0.25, 0.3) is 16.8 Å². The average Bonchev–Trinajstić information content (AvgIpc) is 3.69. The molecule has 1 aliphatic heterocycles. The zero-order chi connectivity index (χ0) is 38.7. The first kappa shape index (κ1) is 37.4. The molecule has 3 N–H and O–H groups in total. The number of aliphatic carboxylic acids is 1. The number of hydrogen-bond donors (Lipinski definition) is 3. The summed E-state index contributed by atoms with van der Waals surface area (Å²) in [4.78, 5) is 43.4. The van der Waals surface area contributed by atoms with Crippen LogP contribution in [0.2, 0.25) is 0 Å². The maximum absolute atomic E-state index is 15.3. The Morgan fingerprint density at radius 1 is 0.963 bits per heavy atom. The zero-order valence-electron chi connectivity index (χ0n) is 29.2. The van der Waals surface area contributed by atoms with Crippen molar-refractivity contribution in [1.82, 2.24) is 25.0 Å². The van der Waals surface area contributed by atoms with Crippen molar-refractivity contribution in [3.05, 3.63) is 113 Å². The molecule has 0 aliphatic carbocycles. The SMILES string of the molecule is COc1cccc(OC)c1-c1ccc(CC(NC(=O)c2c(F)cc(NS(=O)(=O)c3ccc(-n4cncn4)cc3)cc2F)C(=O)O)c2c1CN(C(C)=O)CC2. The second kappa shape index (κ2) is 15.3. The number of hydrogen-bond acceptors (Lipinski definition) is 9. The molecule has 1 aromatic heterocycles. The number of amides is 2. The predicted octanol–water partition coefficient (Wildman–Crippen LogP) is 4.36. The fourth-order valence-electron chi connectivity index (χ4n) is 6.39. The molecule has 0 saturated heterocycles. The van der Waals surface area contributed by atoms with Gasteiger partial charge in [0, 0.05) is 26.4 Å². The van der Waals surface area contributed by atoms with Gasteiger partial charge in [0.15, 0.2) is 0 Å². The Bertz CT molecular complexity index is 2310. The third-order valence-corrected chi connectivity index (χ3v) is 10.4. The molecule has 14 nitrogen and oxygen atoms in total. The minimum Gasteiger partial charge on any atom is -0.496 e. The highest BCUT2D eigenvalue weighted by Crippen LogP contribution is 2.43. The van der Waals surface area contributed by atoms with Gasteiger partial charge in [-0.1, -0.05) is 18.2 Å². The van der Waals surface area contributed by atoms with Crippen LogP contribution in [0.3, 0.4) is 0 Å². The van der Waals surface area contributed by atoms with Crippen molar-refractivity contribution in [3.63, 3.8) is 0 Å². The molecule has 1 atom stereocenters. The van der Waals surface area contributed by atoms with Crippen LogP contribution in [0.4, 0.5) is 14.5 Å². The second-order valence-corrected chi connectivity index (χ2v) is 14.0. The van der Waals surface area contributed by atoms with Crippen molar-refractivity contribution in [2.45, 2.75) is 37.2 Å². The van der Waals surface area contributed by atoms with Gasteiger partial charge in [-0.15, -0.1) is 0 Å². The second-order valence-electron chi connectivity index (χ2n) is 12.3. The maximum Gasteiger partial charge on any atom is 0.326 e. The number of nitrogens with one attached hydrogen (secondary N) is 2. The molecular weight excluding hydrogens is 727 g/mol. The summed E-state index contributed by atoms with van der Waals surface area (Å²) in [5, 5.41) is 16.3. The largest absolute Gasteiger partial charge is 0.496 e. The molecule has 0 bridgehead atoms. The molecule has 54 heavy (non-hydrogen) atoms. The van der Waals surface area contributed by atoms with E-state index in [1.54, 1.807) is 35.2 Å². The van der Waals surface area contributed by atoms with E-state index in [2.05, 4.69) is 20.1 Å². The van der Waals surface area contributed by atoms with Crippen molar-refractivity contribution in [1.29, 1.82) is 0 Å². The van der Waals surface area contributed by atoms with Gasteiger partial charge in [-0.05, 0) is 77.2 Å². The Hall–Kier alpha value is -6.36. The van der Waals surface area contributed by atoms with Gasteiger partial charge < -0.3 is 24.8 Å². The van der Waals surface area contributed by atoms with Gasteiger partial charge in [0.2, 0.25) is 5.91 Å². The van der Waals surface area contributed by atoms with Crippen molar-refractivity contribution >= 4 is 33.5 Å². The van der Waals surface area contributed by atoms with Crippen molar-refractivity contribution in [2.75, 3.05) is 25.5 Å². The van der Waals surface area contributed by atoms with Crippen LogP contribution in [0.5, 0.6) is 11.5 Å². The van der Waals surface area contributed by atoms with E-state index in [-0.39, 0.29) is 23.8 Å². The molecule has 0 radical (unpaired) electrons. The number of nitrogens with zero attached hydrogens (tertiary/aromatic N) is 4. The third-order valence-electron chi connectivity index (χ3n) is 9.03. The number of benzene rings is 4. The minimum atomic E-state index is -4.32. The summed E-state index contributed by atoms with van der Waals surface area (Å²) in [5.41, 5.74) is 2.27. The highest BCUT2D eigenvalue weighted by atomic mass is 32.2. The molecule has 2 heterocycles. The van der Waals surface area contributed by atoms with Crippen molar-refractivity contribution < 1.29 is 46.2 Å². The topological polar surface area (TPSA) is 182 Å². The molecule has 280 valence electrons. The number of carbonyl (C=O) groups excluding carboxylic acids is 2. The summed E-state index contributed by atoms with van der Waals surface area (Å²) in [7, 11) is -1.29. The van der Waals surface area contributed by atoms with Crippen LogP contribution in [-0.2, 0) is 39.0 Å². The number of carbonyl (C=O) groups is 3. The number of sulfonamides is 1. The Morgan fingerprint density at radius 2 is 1.63 bits per heavy atom. The fourth-order valence-corrected chi connectivity index (χ4v) is 7.43. The van der Waals surface area contributed by atoms with E-state index >= 15 is 8.78 Å². The third kappa shape index (κ3) is 7.57. The summed E-state index contributed by atoms with van der Waals surface area (Å²) in [6.07, 6.45) is 2.82. The lowest BCUT2D eigenvalue weighted by atomic mass is 9.85. The lowest BCUT2D eigenvalue weighted by molar-refractivity contribution is -0.139. The van der Waals surface area contributed by atoms with Gasteiger partial charge in [0.25, 0.3) is 15.9 Å². The number of fused-ring (bicyclic) bond motifs is 1. The summed E-state index contributed by atoms with van der Waals surface area (Å²) in [6.45, 7) is 2.01. The van der Waals surface area contributed by atoms with E-state index in [1.807, 2.05) is 0 Å². The summed E-state index contributed by atoms with van der Waals surface area (Å²) in [5.74, 6) is -4.79. The van der Waals surface area contributed by atoms with E-state index in [0.29, 0.717) is 59.0 Å². The lowest BCUT2D eigenvalue weighted by Gasteiger charge is -2.32. The summed E-state index contributed by atoms with van der Waals surface area (Å²) < 4.78 is 71.4. The number of aromatic nitrogens is 3. The first-order valence-corrected chi connectivity index (χ1v) is 17.9. The quantitative estimate of drug-likeness (QED) is 0.165. The normalized spacial score (nSPS) is 13.1. The van der Waals surface area contributed by atoms with E-state index in [1.165, 1.54) is 62.7 Å². The van der Waals surface area contributed by atoms with Gasteiger partial charge in [0.1, 0.15) is 47.4 Å². The molecule has 1 unspecified atom stereocenters.